The summed E-state index contributed by atoms with van der Waals surface area (Å²) in [5.41, 5.74) is 0. The third-order valence-electron chi connectivity index (χ3n) is 1.14. The normalized spacial score (nSPS) is 9.92. The molecule has 0 fully saturated rings. The van der Waals surface area contributed by atoms with Gasteiger partial charge in [-0.3, -0.25) is 20.2 Å². The maximum Gasteiger partial charge on any atom is 0.509 e. The van der Waals surface area contributed by atoms with Gasteiger partial charge in [0, 0.05) is 0 Å². The van der Waals surface area contributed by atoms with E-state index in [1.54, 1.807) is 0 Å². The minimum Gasteiger partial charge on any atom is -0.258 e. The van der Waals surface area contributed by atoms with Crippen LogP contribution in [0.3, 0.4) is 0 Å². The first-order chi connectivity index (χ1) is 6.13. The highest BCUT2D eigenvalue weighted by Crippen LogP contribution is 2.09. The Morgan fingerprint density at radius 2 is 1.62 bits per heavy atom. The second-order valence-electron chi connectivity index (χ2n) is 1.94. The minimum absolute atomic E-state index is 0.481. The predicted molar refractivity (Wildman–Crippen MR) is 36.6 cm³/mol. The third kappa shape index (κ3) is 1.89. The van der Waals surface area contributed by atoms with E-state index in [-0.39, 0.29) is 0 Å². The number of hydrogen-bond acceptors (Lipinski definition) is 7. The molecule has 1 aromatic rings. The number of nitro groups is 2. The molecule has 0 saturated heterocycles. The average Bonchev–Trinajstić information content (AvgIpc) is 2.04. The maximum absolute atomic E-state index is 10.2. The van der Waals surface area contributed by atoms with Gasteiger partial charge in [0.25, 0.3) is 5.82 Å². The third-order valence-corrected chi connectivity index (χ3v) is 1.14. The topological polar surface area (TPSA) is 125 Å². The maximum atomic E-state index is 10.2. The summed E-state index contributed by atoms with van der Waals surface area (Å²) in [5.74, 6) is -0.481. The SMILES string of the molecule is O=[N+]([O-])C(c1ncncn1)[N+](=O)[O-]. The zero-order valence-corrected chi connectivity index (χ0v) is 6.10. The van der Waals surface area contributed by atoms with Crippen molar-refractivity contribution in [3.63, 3.8) is 0 Å². The molecule has 0 unspecified atom stereocenters. The zero-order valence-electron chi connectivity index (χ0n) is 6.10. The lowest BCUT2D eigenvalue weighted by atomic mass is 10.5. The van der Waals surface area contributed by atoms with Crippen molar-refractivity contribution in [1.82, 2.24) is 15.0 Å². The number of hydrogen-bond donors (Lipinski definition) is 0. The fraction of sp³-hybridized carbons (Fsp3) is 0.250. The molecule has 9 heteroatoms. The van der Waals surface area contributed by atoms with E-state index in [0.29, 0.717) is 0 Å². The van der Waals surface area contributed by atoms with Crippen LogP contribution < -0.4 is 0 Å². The van der Waals surface area contributed by atoms with Crippen LogP contribution in [0.5, 0.6) is 0 Å². The second-order valence-corrected chi connectivity index (χ2v) is 1.94. The molecule has 0 aliphatic carbocycles. The molecule has 0 aliphatic heterocycles. The van der Waals surface area contributed by atoms with E-state index in [1.807, 2.05) is 0 Å². The molecule has 0 bridgehead atoms. The van der Waals surface area contributed by atoms with Crippen molar-refractivity contribution in [2.75, 3.05) is 0 Å². The van der Waals surface area contributed by atoms with Gasteiger partial charge >= 0.3 is 6.17 Å². The molecule has 0 atom stereocenters. The quantitative estimate of drug-likeness (QED) is 0.350. The molecule has 9 nitrogen and oxygen atoms in total. The summed E-state index contributed by atoms with van der Waals surface area (Å²) in [7, 11) is 0. The summed E-state index contributed by atoms with van der Waals surface area (Å²) in [6, 6.07) is 0. The van der Waals surface area contributed by atoms with Crippen molar-refractivity contribution in [2.24, 2.45) is 0 Å². The molecule has 68 valence electrons. The molecule has 1 aromatic heterocycles. The molecule has 0 aliphatic rings. The van der Waals surface area contributed by atoms with Crippen molar-refractivity contribution in [3.05, 3.63) is 38.7 Å². The summed E-state index contributed by atoms with van der Waals surface area (Å²) >= 11 is 0. The molecule has 0 spiro atoms. The van der Waals surface area contributed by atoms with Gasteiger partial charge < -0.3 is 0 Å². The van der Waals surface area contributed by atoms with Crippen LogP contribution in [0.4, 0.5) is 0 Å². The molecule has 1 rings (SSSR count). The first kappa shape index (κ1) is 8.90. The molecular formula is C4H3N5O4. The van der Waals surface area contributed by atoms with Crippen LogP contribution >= 0.6 is 0 Å². The van der Waals surface area contributed by atoms with Gasteiger partial charge in [0.05, 0.1) is 0 Å². The van der Waals surface area contributed by atoms with Gasteiger partial charge in [0.2, 0.25) is 0 Å². The Labute approximate surface area is 70.8 Å². The standard InChI is InChI=1S/C4H3N5O4/c10-8(11)4(9(12)13)3-6-1-5-2-7-3/h1-2,4H. The first-order valence-corrected chi connectivity index (χ1v) is 3.02. The lowest BCUT2D eigenvalue weighted by Gasteiger charge is -1.97. The van der Waals surface area contributed by atoms with Gasteiger partial charge in [-0.05, 0) is 0 Å². The van der Waals surface area contributed by atoms with Gasteiger partial charge in [-0.1, -0.05) is 0 Å². The fourth-order valence-electron chi connectivity index (χ4n) is 0.647. The number of rotatable bonds is 3. The molecule has 0 N–H and O–H groups in total. The first-order valence-electron chi connectivity index (χ1n) is 3.02. The summed E-state index contributed by atoms with van der Waals surface area (Å²) in [5, 5.41) is 20.4. The van der Waals surface area contributed by atoms with E-state index in [2.05, 4.69) is 15.0 Å². The van der Waals surface area contributed by atoms with Crippen LogP contribution in [0.25, 0.3) is 0 Å². The number of aromatic nitrogens is 3. The summed E-state index contributed by atoms with van der Waals surface area (Å²) in [6.07, 6.45) is -0.201. The highest BCUT2D eigenvalue weighted by Gasteiger charge is 2.37. The van der Waals surface area contributed by atoms with E-state index < -0.39 is 21.8 Å². The van der Waals surface area contributed by atoms with E-state index in [0.717, 1.165) is 12.7 Å². The Balaban J connectivity index is 3.03. The second kappa shape index (κ2) is 3.47. The lowest BCUT2D eigenvalue weighted by Crippen LogP contribution is -2.22. The molecule has 0 saturated carbocycles. The Kier molecular flexibility index (Phi) is 2.38. The van der Waals surface area contributed by atoms with Crippen molar-refractivity contribution in [1.29, 1.82) is 0 Å². The molecule has 0 amide bonds. The molecule has 0 aromatic carbocycles. The Bertz CT molecular complexity index is 313. The summed E-state index contributed by atoms with van der Waals surface area (Å²) < 4.78 is 0. The number of nitrogens with zero attached hydrogens (tertiary/aromatic N) is 5. The largest absolute Gasteiger partial charge is 0.509 e. The van der Waals surface area contributed by atoms with E-state index in [1.165, 1.54) is 0 Å². The smallest absolute Gasteiger partial charge is 0.258 e. The monoisotopic (exact) mass is 185 g/mol. The van der Waals surface area contributed by atoms with Gasteiger partial charge in [0.1, 0.15) is 22.5 Å². The van der Waals surface area contributed by atoms with Crippen LogP contribution in [0, 0.1) is 20.2 Å². The van der Waals surface area contributed by atoms with E-state index in [4.69, 9.17) is 0 Å². The molecular weight excluding hydrogens is 182 g/mol. The van der Waals surface area contributed by atoms with Crippen molar-refractivity contribution < 1.29 is 9.85 Å². The lowest BCUT2D eigenvalue weighted by molar-refractivity contribution is -0.754. The van der Waals surface area contributed by atoms with Gasteiger partial charge in [-0.25, -0.2) is 15.0 Å². The van der Waals surface area contributed by atoms with Crippen LogP contribution in [0.2, 0.25) is 0 Å². The van der Waals surface area contributed by atoms with E-state index in [9.17, 15) is 20.2 Å². The Morgan fingerprint density at radius 1 is 1.15 bits per heavy atom. The minimum atomic E-state index is -2.12. The highest BCUT2D eigenvalue weighted by molar-refractivity contribution is 4.82. The van der Waals surface area contributed by atoms with Crippen molar-refractivity contribution in [2.45, 2.75) is 6.17 Å². The van der Waals surface area contributed by atoms with Crippen LogP contribution in [0.1, 0.15) is 12.0 Å². The van der Waals surface area contributed by atoms with Crippen LogP contribution in [-0.2, 0) is 0 Å². The summed E-state index contributed by atoms with van der Waals surface area (Å²) in [4.78, 5) is 28.3. The van der Waals surface area contributed by atoms with Crippen LogP contribution in [0.15, 0.2) is 12.7 Å². The van der Waals surface area contributed by atoms with Crippen LogP contribution in [-0.4, -0.2) is 24.8 Å². The Morgan fingerprint density at radius 3 is 2.00 bits per heavy atom. The van der Waals surface area contributed by atoms with E-state index >= 15 is 0 Å². The van der Waals surface area contributed by atoms with Gasteiger partial charge in [-0.2, -0.15) is 0 Å². The average molecular weight is 185 g/mol. The fourth-order valence-corrected chi connectivity index (χ4v) is 0.647. The predicted octanol–water partition coefficient (Wildman–Crippen LogP) is -0.576. The summed E-state index contributed by atoms with van der Waals surface area (Å²) in [6.45, 7) is 0. The van der Waals surface area contributed by atoms with Crippen molar-refractivity contribution >= 4 is 0 Å². The molecule has 1 heterocycles. The Hall–Kier alpha value is -2.19. The molecule has 13 heavy (non-hydrogen) atoms. The zero-order chi connectivity index (χ0) is 9.84. The van der Waals surface area contributed by atoms with Gasteiger partial charge in [0.15, 0.2) is 0 Å². The van der Waals surface area contributed by atoms with Gasteiger partial charge in [-0.15, -0.1) is 0 Å². The highest BCUT2D eigenvalue weighted by atomic mass is 16.7. The van der Waals surface area contributed by atoms with Crippen molar-refractivity contribution in [3.8, 4) is 0 Å². The molecule has 0 radical (unpaired) electrons.